The summed E-state index contributed by atoms with van der Waals surface area (Å²) >= 11 is 18.4. The lowest BCUT2D eigenvalue weighted by Crippen LogP contribution is -2.15. The fourth-order valence-electron chi connectivity index (χ4n) is 2.71. The molecule has 0 aromatic heterocycles. The lowest BCUT2D eigenvalue weighted by molar-refractivity contribution is 0.476. The summed E-state index contributed by atoms with van der Waals surface area (Å²) in [4.78, 5) is 3.28. The number of halogens is 3. The van der Waals surface area contributed by atoms with Crippen LogP contribution in [0.2, 0.25) is 15.1 Å². The zero-order valence-electron chi connectivity index (χ0n) is 13.1. The fourth-order valence-corrected chi connectivity index (χ4v) is 3.53. The van der Waals surface area contributed by atoms with Gasteiger partial charge in [0.2, 0.25) is 0 Å². The van der Waals surface area contributed by atoms with Gasteiger partial charge in [0.25, 0.3) is 5.70 Å². The molecule has 0 unspecified atom stereocenters. The van der Waals surface area contributed by atoms with E-state index in [2.05, 4.69) is 4.85 Å². The van der Waals surface area contributed by atoms with Crippen LogP contribution in [0, 0.1) is 17.9 Å². The standard InChI is InChI=1S/C20H9Cl3N2O/c1-25-18(10-24)19-14-5-3-2-4-13(14)12(9-15(19)21)6-11-7-16(22)20(26)17(23)8-11/h2-9,26H. The highest BCUT2D eigenvalue weighted by atomic mass is 35.5. The zero-order chi connectivity index (χ0) is 18.8. The first kappa shape index (κ1) is 18.1. The minimum Gasteiger partial charge on any atom is -0.505 e. The van der Waals surface area contributed by atoms with Crippen LogP contribution >= 0.6 is 34.8 Å². The predicted octanol–water partition coefficient (Wildman–Crippen LogP) is 4.89. The molecule has 0 aliphatic rings. The normalized spacial score (nSPS) is 12.6. The van der Waals surface area contributed by atoms with E-state index in [1.165, 1.54) is 0 Å². The molecule has 0 heterocycles. The third-order valence-corrected chi connectivity index (χ3v) is 4.72. The first-order chi connectivity index (χ1) is 12.5. The van der Waals surface area contributed by atoms with Crippen LogP contribution in [0.4, 0.5) is 0 Å². The molecule has 6 heteroatoms. The number of fused-ring (bicyclic) bond motifs is 1. The van der Waals surface area contributed by atoms with Gasteiger partial charge in [-0.2, -0.15) is 0 Å². The van der Waals surface area contributed by atoms with Gasteiger partial charge in [0.05, 0.1) is 22.7 Å². The molecule has 0 fully saturated rings. The summed E-state index contributed by atoms with van der Waals surface area (Å²) in [5, 5.41) is 22.2. The van der Waals surface area contributed by atoms with Crippen molar-refractivity contribution in [1.82, 2.24) is 0 Å². The maximum atomic E-state index is 9.70. The van der Waals surface area contributed by atoms with Gasteiger partial charge in [-0.3, -0.25) is 0 Å². The van der Waals surface area contributed by atoms with Gasteiger partial charge >= 0.3 is 0 Å². The number of phenols is 1. The number of hydrogen-bond donors (Lipinski definition) is 1. The number of hydrogen-bond acceptors (Lipinski definition) is 2. The minimum atomic E-state index is -0.172. The number of nitrogens with zero attached hydrogens (tertiary/aromatic N) is 2. The molecule has 0 saturated heterocycles. The van der Waals surface area contributed by atoms with E-state index in [1.54, 1.807) is 18.2 Å². The molecule has 0 aliphatic heterocycles. The number of rotatable bonds is 1. The summed E-state index contributed by atoms with van der Waals surface area (Å²) in [7, 11) is 0. The minimum absolute atomic E-state index is 0.0616. The molecule has 3 rings (SSSR count). The largest absolute Gasteiger partial charge is 0.505 e. The van der Waals surface area contributed by atoms with E-state index >= 15 is 0 Å². The van der Waals surface area contributed by atoms with Crippen molar-refractivity contribution in [3.63, 3.8) is 0 Å². The highest BCUT2D eigenvalue weighted by molar-refractivity contribution is 6.37. The quantitative estimate of drug-likeness (QED) is 0.593. The molecule has 1 N–H and O–H groups in total. The Bertz CT molecular complexity index is 1210. The summed E-state index contributed by atoms with van der Waals surface area (Å²) < 4.78 is 0. The van der Waals surface area contributed by atoms with Gasteiger partial charge in [-0.15, -0.1) is 0 Å². The monoisotopic (exact) mass is 398 g/mol. The average molecular weight is 400 g/mol. The summed E-state index contributed by atoms with van der Waals surface area (Å²) in [6, 6.07) is 14.1. The molecule has 3 aromatic carbocycles. The third kappa shape index (κ3) is 3.21. The van der Waals surface area contributed by atoms with Gasteiger partial charge in [0.1, 0.15) is 0 Å². The van der Waals surface area contributed by atoms with E-state index in [1.807, 2.05) is 36.4 Å². The molecule has 0 saturated carbocycles. The summed E-state index contributed by atoms with van der Waals surface area (Å²) in [6.07, 6.45) is 1.82. The number of aromatic hydroxyl groups is 1. The van der Waals surface area contributed by atoms with Crippen molar-refractivity contribution in [2.75, 3.05) is 0 Å². The van der Waals surface area contributed by atoms with Crippen molar-refractivity contribution in [3.8, 4) is 11.8 Å². The maximum Gasteiger partial charge on any atom is 0.271 e. The molecule has 126 valence electrons. The van der Waals surface area contributed by atoms with E-state index in [0.717, 1.165) is 10.6 Å². The molecule has 0 bridgehead atoms. The number of benzene rings is 3. The van der Waals surface area contributed by atoms with E-state index < -0.39 is 0 Å². The van der Waals surface area contributed by atoms with E-state index in [4.69, 9.17) is 41.4 Å². The summed E-state index contributed by atoms with van der Waals surface area (Å²) in [5.41, 5.74) is 0.620. The molecular formula is C20H9Cl3N2O. The van der Waals surface area contributed by atoms with Crippen molar-refractivity contribution in [3.05, 3.63) is 85.0 Å². The fraction of sp³-hybridized carbons (Fsp3) is 0. The maximum absolute atomic E-state index is 9.70. The van der Waals surface area contributed by atoms with Gasteiger partial charge in [0, 0.05) is 10.2 Å². The van der Waals surface area contributed by atoms with E-state index in [-0.39, 0.29) is 21.5 Å². The smallest absolute Gasteiger partial charge is 0.271 e. The van der Waals surface area contributed by atoms with Crippen molar-refractivity contribution in [2.24, 2.45) is 0 Å². The second kappa shape index (κ2) is 7.28. The van der Waals surface area contributed by atoms with E-state index in [9.17, 15) is 10.4 Å². The molecule has 26 heavy (non-hydrogen) atoms. The third-order valence-electron chi connectivity index (χ3n) is 3.84. The Hall–Kier alpha value is -2.69. The number of phenolic OH excluding ortho intramolecular Hbond substituents is 1. The van der Waals surface area contributed by atoms with Crippen LogP contribution in [0.15, 0.2) is 42.5 Å². The Morgan fingerprint density at radius 3 is 2.23 bits per heavy atom. The van der Waals surface area contributed by atoms with Crippen molar-refractivity contribution < 1.29 is 5.11 Å². The second-order valence-electron chi connectivity index (χ2n) is 5.42. The van der Waals surface area contributed by atoms with Gasteiger partial charge in [-0.1, -0.05) is 59.1 Å². The van der Waals surface area contributed by atoms with Gasteiger partial charge in [-0.25, -0.2) is 10.1 Å². The lowest BCUT2D eigenvalue weighted by atomic mass is 10.0. The van der Waals surface area contributed by atoms with Gasteiger partial charge in [-0.05, 0) is 45.8 Å². The SMILES string of the molecule is [C-]#[N+]C(C#N)=c1c(Cl)cc(=Cc2cc(Cl)c(O)c(Cl)c2)c2ccccc12. The predicted molar refractivity (Wildman–Crippen MR) is 106 cm³/mol. The van der Waals surface area contributed by atoms with Crippen LogP contribution in [0.25, 0.3) is 27.4 Å². The lowest BCUT2D eigenvalue weighted by Gasteiger charge is -2.05. The van der Waals surface area contributed by atoms with Crippen LogP contribution in [0.5, 0.6) is 5.75 Å². The molecule has 3 aromatic rings. The Labute approximate surface area is 164 Å². The molecule has 0 amide bonds. The van der Waals surface area contributed by atoms with Crippen LogP contribution in [0.3, 0.4) is 0 Å². The van der Waals surface area contributed by atoms with Crippen LogP contribution in [-0.4, -0.2) is 5.11 Å². The molecule has 0 atom stereocenters. The highest BCUT2D eigenvalue weighted by Crippen LogP contribution is 2.32. The second-order valence-corrected chi connectivity index (χ2v) is 6.64. The first-order valence-corrected chi connectivity index (χ1v) is 8.48. The summed E-state index contributed by atoms with van der Waals surface area (Å²) in [5.74, 6) is -0.172. The van der Waals surface area contributed by atoms with Crippen molar-refractivity contribution in [1.29, 1.82) is 5.26 Å². The first-order valence-electron chi connectivity index (χ1n) is 7.35. The zero-order valence-corrected chi connectivity index (χ0v) is 15.4. The molecule has 3 nitrogen and oxygen atoms in total. The van der Waals surface area contributed by atoms with E-state index in [0.29, 0.717) is 21.2 Å². The Morgan fingerprint density at radius 1 is 1.04 bits per heavy atom. The summed E-state index contributed by atoms with van der Waals surface area (Å²) in [6.45, 7) is 7.22. The van der Waals surface area contributed by atoms with Crippen LogP contribution in [0.1, 0.15) is 5.56 Å². The topological polar surface area (TPSA) is 48.4 Å². The molecular weight excluding hydrogens is 391 g/mol. The molecule has 0 spiro atoms. The Balaban J connectivity index is 2.45. The molecule has 0 radical (unpaired) electrons. The Morgan fingerprint density at radius 2 is 1.65 bits per heavy atom. The highest BCUT2D eigenvalue weighted by Gasteiger charge is 2.09. The Kier molecular flexibility index (Phi) is 5.07. The van der Waals surface area contributed by atoms with Gasteiger partial charge < -0.3 is 5.11 Å². The van der Waals surface area contributed by atoms with Gasteiger partial charge in [0.15, 0.2) is 5.75 Å². The van der Waals surface area contributed by atoms with Crippen LogP contribution in [-0.2, 0) is 0 Å². The van der Waals surface area contributed by atoms with Crippen molar-refractivity contribution >= 4 is 57.3 Å². The molecule has 0 aliphatic carbocycles. The number of nitriles is 1. The van der Waals surface area contributed by atoms with Crippen LogP contribution < -0.4 is 10.4 Å². The van der Waals surface area contributed by atoms with Crippen molar-refractivity contribution in [2.45, 2.75) is 0 Å². The average Bonchev–Trinajstić information content (AvgIpc) is 2.63.